The first-order valence-electron chi connectivity index (χ1n) is 8.97. The second kappa shape index (κ2) is 8.67. The van der Waals surface area contributed by atoms with Crippen LogP contribution in [-0.4, -0.2) is 39.6 Å². The Morgan fingerprint density at radius 1 is 1.24 bits per heavy atom. The van der Waals surface area contributed by atoms with Gasteiger partial charge in [0.15, 0.2) is 0 Å². The van der Waals surface area contributed by atoms with Crippen molar-refractivity contribution >= 4 is 6.03 Å². The highest BCUT2D eigenvalue weighted by atomic mass is 16.3. The van der Waals surface area contributed by atoms with Gasteiger partial charge in [-0.1, -0.05) is 43.2 Å². The van der Waals surface area contributed by atoms with Crippen LogP contribution in [0.2, 0.25) is 0 Å². The van der Waals surface area contributed by atoms with Crippen molar-refractivity contribution in [2.24, 2.45) is 0 Å². The van der Waals surface area contributed by atoms with Crippen molar-refractivity contribution in [2.45, 2.75) is 50.2 Å². The number of rotatable bonds is 6. The minimum absolute atomic E-state index is 0.0599. The van der Waals surface area contributed by atoms with E-state index in [1.165, 1.54) is 0 Å². The number of aliphatic hydroxyl groups is 1. The summed E-state index contributed by atoms with van der Waals surface area (Å²) in [6, 6.07) is 11.5. The molecule has 1 aromatic carbocycles. The molecule has 3 atom stereocenters. The highest BCUT2D eigenvalue weighted by Crippen LogP contribution is 2.28. The van der Waals surface area contributed by atoms with Crippen LogP contribution < -0.4 is 10.6 Å². The second-order valence-electron chi connectivity index (χ2n) is 6.63. The van der Waals surface area contributed by atoms with Crippen LogP contribution in [0.4, 0.5) is 4.79 Å². The average molecular weight is 342 g/mol. The fourth-order valence-corrected chi connectivity index (χ4v) is 3.53. The Balaban J connectivity index is 1.56. The minimum Gasteiger partial charge on any atom is -0.394 e. The van der Waals surface area contributed by atoms with Gasteiger partial charge < -0.3 is 15.7 Å². The fourth-order valence-electron chi connectivity index (χ4n) is 3.53. The van der Waals surface area contributed by atoms with E-state index in [1.54, 1.807) is 6.20 Å². The van der Waals surface area contributed by atoms with Gasteiger partial charge in [0.25, 0.3) is 0 Å². The first-order chi connectivity index (χ1) is 12.3. The van der Waals surface area contributed by atoms with Gasteiger partial charge in [0.05, 0.1) is 24.7 Å². The number of nitrogens with one attached hydrogen (secondary N) is 2. The summed E-state index contributed by atoms with van der Waals surface area (Å²) in [4.78, 5) is 12.4. The number of carbonyl (C=O) groups excluding carboxylic acids is 1. The lowest BCUT2D eigenvalue weighted by Gasteiger charge is -2.32. The number of urea groups is 1. The van der Waals surface area contributed by atoms with Crippen LogP contribution in [0.1, 0.15) is 37.3 Å². The maximum atomic E-state index is 12.4. The zero-order valence-corrected chi connectivity index (χ0v) is 14.3. The number of hydrogen-bond donors (Lipinski definition) is 3. The molecule has 1 saturated carbocycles. The van der Waals surface area contributed by atoms with E-state index in [2.05, 4.69) is 15.7 Å². The molecule has 1 fully saturated rings. The number of carbonyl (C=O) groups is 1. The van der Waals surface area contributed by atoms with Gasteiger partial charge >= 0.3 is 6.03 Å². The van der Waals surface area contributed by atoms with Crippen LogP contribution in [-0.2, 0) is 6.42 Å². The number of aliphatic hydroxyl groups excluding tert-OH is 1. The van der Waals surface area contributed by atoms with Crippen molar-refractivity contribution < 1.29 is 9.90 Å². The maximum Gasteiger partial charge on any atom is 0.315 e. The Kier molecular flexibility index (Phi) is 6.06. The molecule has 0 bridgehead atoms. The summed E-state index contributed by atoms with van der Waals surface area (Å²) in [5, 5.41) is 19.9. The van der Waals surface area contributed by atoms with E-state index in [4.69, 9.17) is 0 Å². The van der Waals surface area contributed by atoms with E-state index in [-0.39, 0.29) is 30.8 Å². The van der Waals surface area contributed by atoms with Crippen molar-refractivity contribution in [1.82, 2.24) is 20.4 Å². The molecule has 3 rings (SSSR count). The minimum atomic E-state index is -0.297. The van der Waals surface area contributed by atoms with E-state index in [9.17, 15) is 9.90 Å². The summed E-state index contributed by atoms with van der Waals surface area (Å²) < 4.78 is 1.94. The zero-order valence-electron chi connectivity index (χ0n) is 14.3. The highest BCUT2D eigenvalue weighted by molar-refractivity contribution is 5.74. The molecule has 1 heterocycles. The Hall–Kier alpha value is -2.34. The second-order valence-corrected chi connectivity index (χ2v) is 6.63. The van der Waals surface area contributed by atoms with Gasteiger partial charge in [0.1, 0.15) is 0 Å². The van der Waals surface area contributed by atoms with Gasteiger partial charge in [0, 0.05) is 12.4 Å². The Labute approximate surface area is 148 Å². The molecule has 0 saturated heterocycles. The smallest absolute Gasteiger partial charge is 0.315 e. The summed E-state index contributed by atoms with van der Waals surface area (Å²) in [5.41, 5.74) is 1.09. The van der Waals surface area contributed by atoms with E-state index >= 15 is 0 Å². The molecular formula is C19H26N4O2. The van der Waals surface area contributed by atoms with Crippen molar-refractivity contribution in [3.8, 4) is 0 Å². The topological polar surface area (TPSA) is 79.2 Å². The number of hydrogen-bond acceptors (Lipinski definition) is 3. The third-order valence-corrected chi connectivity index (χ3v) is 4.79. The zero-order chi connectivity index (χ0) is 17.5. The van der Waals surface area contributed by atoms with E-state index in [1.807, 2.05) is 47.3 Å². The lowest BCUT2D eigenvalue weighted by atomic mass is 9.90. The lowest BCUT2D eigenvalue weighted by Crippen LogP contribution is -2.51. The van der Waals surface area contributed by atoms with E-state index in [0.29, 0.717) is 6.42 Å². The molecule has 0 radical (unpaired) electrons. The Bertz CT molecular complexity index is 645. The van der Waals surface area contributed by atoms with Crippen molar-refractivity contribution in [1.29, 1.82) is 0 Å². The Morgan fingerprint density at radius 2 is 2.04 bits per heavy atom. The molecule has 2 aromatic rings. The monoisotopic (exact) mass is 342 g/mol. The van der Waals surface area contributed by atoms with Crippen LogP contribution >= 0.6 is 0 Å². The van der Waals surface area contributed by atoms with Crippen LogP contribution in [0, 0.1) is 0 Å². The molecule has 3 N–H and O–H groups in total. The van der Waals surface area contributed by atoms with E-state index in [0.717, 1.165) is 31.2 Å². The van der Waals surface area contributed by atoms with Crippen LogP contribution in [0.5, 0.6) is 0 Å². The third-order valence-electron chi connectivity index (χ3n) is 4.79. The summed E-state index contributed by atoms with van der Waals surface area (Å²) in [5.74, 6) is 0. The number of aromatic nitrogens is 2. The molecule has 1 aliphatic carbocycles. The lowest BCUT2D eigenvalue weighted by molar-refractivity contribution is 0.198. The fraction of sp³-hybridized carbons (Fsp3) is 0.474. The van der Waals surface area contributed by atoms with Gasteiger partial charge in [0.2, 0.25) is 0 Å². The standard InChI is InChI=1S/C19H26N4O2/c24-14-16(13-15-7-2-1-3-8-15)21-19(25)22-17-9-4-5-10-18(17)23-12-6-11-20-23/h1-3,6-8,11-12,16-18,24H,4-5,9-10,13-14H2,(H2,21,22,25)/t16-,17-,18-/m0/s1. The summed E-state index contributed by atoms with van der Waals surface area (Å²) in [6.45, 7) is -0.0877. The molecule has 1 aliphatic rings. The van der Waals surface area contributed by atoms with Crippen LogP contribution in [0.15, 0.2) is 48.8 Å². The van der Waals surface area contributed by atoms with Gasteiger partial charge in [-0.3, -0.25) is 4.68 Å². The number of nitrogens with zero attached hydrogens (tertiary/aromatic N) is 2. The summed E-state index contributed by atoms with van der Waals surface area (Å²) in [6.07, 6.45) is 8.55. The van der Waals surface area contributed by atoms with Gasteiger partial charge in [-0.25, -0.2) is 4.79 Å². The molecule has 1 aromatic heterocycles. The Morgan fingerprint density at radius 3 is 2.76 bits per heavy atom. The first kappa shape index (κ1) is 17.5. The number of amides is 2. The van der Waals surface area contributed by atoms with Gasteiger partial charge in [-0.2, -0.15) is 5.10 Å². The van der Waals surface area contributed by atoms with Crippen molar-refractivity contribution in [2.75, 3.05) is 6.61 Å². The summed E-state index contributed by atoms with van der Waals surface area (Å²) >= 11 is 0. The maximum absolute atomic E-state index is 12.4. The molecule has 0 unspecified atom stereocenters. The van der Waals surface area contributed by atoms with Crippen molar-refractivity contribution in [3.63, 3.8) is 0 Å². The van der Waals surface area contributed by atoms with Crippen LogP contribution in [0.25, 0.3) is 0 Å². The van der Waals surface area contributed by atoms with Crippen LogP contribution in [0.3, 0.4) is 0 Å². The molecule has 25 heavy (non-hydrogen) atoms. The summed E-state index contributed by atoms with van der Waals surface area (Å²) in [7, 11) is 0. The predicted molar refractivity (Wildman–Crippen MR) is 96.2 cm³/mol. The predicted octanol–water partition coefficient (Wildman–Crippen LogP) is 2.27. The SMILES string of the molecule is O=C(N[C@H](CO)Cc1ccccc1)N[C@H]1CCCC[C@@H]1n1cccn1. The molecular weight excluding hydrogens is 316 g/mol. The quantitative estimate of drug-likeness (QED) is 0.753. The molecule has 0 spiro atoms. The number of benzene rings is 1. The van der Waals surface area contributed by atoms with Crippen molar-refractivity contribution in [3.05, 3.63) is 54.4 Å². The van der Waals surface area contributed by atoms with Gasteiger partial charge in [-0.05, 0) is 30.9 Å². The van der Waals surface area contributed by atoms with E-state index < -0.39 is 0 Å². The largest absolute Gasteiger partial charge is 0.394 e. The third kappa shape index (κ3) is 4.82. The molecule has 134 valence electrons. The average Bonchev–Trinajstić information content (AvgIpc) is 3.17. The molecule has 0 aliphatic heterocycles. The molecule has 2 amide bonds. The first-order valence-corrected chi connectivity index (χ1v) is 8.97. The highest BCUT2D eigenvalue weighted by Gasteiger charge is 2.28. The molecule has 6 heteroatoms. The van der Waals surface area contributed by atoms with Gasteiger partial charge in [-0.15, -0.1) is 0 Å². The normalized spacial score (nSPS) is 21.5. The molecule has 6 nitrogen and oxygen atoms in total.